The van der Waals surface area contributed by atoms with Gasteiger partial charge in [0.1, 0.15) is 0 Å². The maximum atomic E-state index is 10.7. The maximum absolute atomic E-state index is 10.7. The largest absolute Gasteiger partial charge is 0.478 e. The molecule has 0 spiro atoms. The lowest BCUT2D eigenvalue weighted by Gasteiger charge is -2.02. The third-order valence-electron chi connectivity index (χ3n) is 2.36. The van der Waals surface area contributed by atoms with Crippen molar-refractivity contribution in [2.75, 3.05) is 5.43 Å². The number of hydrogen-bond donors (Lipinski definition) is 2. The number of carbonyl (C=O) groups is 1. The van der Waals surface area contributed by atoms with E-state index >= 15 is 0 Å². The number of hydrazone groups is 1. The minimum Gasteiger partial charge on any atom is -0.478 e. The third-order valence-corrected chi connectivity index (χ3v) is 3.34. The van der Waals surface area contributed by atoms with Gasteiger partial charge in [0.2, 0.25) is 0 Å². The lowest BCUT2D eigenvalue weighted by atomic mass is 10.2. The average molecular weight is 260 g/mol. The van der Waals surface area contributed by atoms with Crippen LogP contribution in [0.5, 0.6) is 0 Å². The van der Waals surface area contributed by atoms with Crippen LogP contribution in [0.2, 0.25) is 0 Å². The lowest BCUT2D eigenvalue weighted by Crippen LogP contribution is -1.99. The van der Waals surface area contributed by atoms with E-state index in [1.165, 1.54) is 0 Å². The van der Waals surface area contributed by atoms with Crippen LogP contribution in [0.15, 0.2) is 46.9 Å². The first-order valence-electron chi connectivity index (χ1n) is 5.34. The van der Waals surface area contributed by atoms with Gasteiger partial charge in [-0.2, -0.15) is 5.10 Å². The zero-order valence-corrected chi connectivity index (χ0v) is 10.6. The van der Waals surface area contributed by atoms with Gasteiger partial charge in [0.25, 0.3) is 0 Å². The molecule has 0 aliphatic heterocycles. The first-order chi connectivity index (χ1) is 8.66. The Kier molecular flexibility index (Phi) is 3.74. The summed E-state index contributed by atoms with van der Waals surface area (Å²) in [7, 11) is 0. The van der Waals surface area contributed by atoms with E-state index in [0.717, 1.165) is 16.3 Å². The predicted molar refractivity (Wildman–Crippen MR) is 73.6 cm³/mol. The average Bonchev–Trinajstić information content (AvgIpc) is 2.90. The Bertz CT molecular complexity index is 559. The molecule has 2 N–H and O–H groups in total. The molecule has 0 aliphatic rings. The van der Waals surface area contributed by atoms with Gasteiger partial charge in [0.05, 0.1) is 17.0 Å². The third kappa shape index (κ3) is 2.95. The second kappa shape index (κ2) is 5.46. The standard InChI is InChI=1S/C13H12N2O2S/c1-9(12-3-2-8-18-12)14-15-11-6-4-10(5-7-11)13(16)17/h2-8,15H,1H3,(H,16,17)/b14-9+. The van der Waals surface area contributed by atoms with Gasteiger partial charge < -0.3 is 5.11 Å². The van der Waals surface area contributed by atoms with Crippen LogP contribution in [0.1, 0.15) is 22.2 Å². The molecule has 0 amide bonds. The van der Waals surface area contributed by atoms with Gasteiger partial charge in [-0.15, -0.1) is 11.3 Å². The van der Waals surface area contributed by atoms with Crippen molar-refractivity contribution in [2.24, 2.45) is 5.10 Å². The Hall–Kier alpha value is -2.14. The highest BCUT2D eigenvalue weighted by atomic mass is 32.1. The van der Waals surface area contributed by atoms with Crippen LogP contribution >= 0.6 is 11.3 Å². The number of carboxylic acids is 1. The van der Waals surface area contributed by atoms with Crippen LogP contribution in [-0.4, -0.2) is 16.8 Å². The molecule has 1 aromatic heterocycles. The summed E-state index contributed by atoms with van der Waals surface area (Å²) in [6.07, 6.45) is 0. The zero-order valence-electron chi connectivity index (χ0n) is 9.75. The fraction of sp³-hybridized carbons (Fsp3) is 0.0769. The fourth-order valence-electron chi connectivity index (χ4n) is 1.38. The summed E-state index contributed by atoms with van der Waals surface area (Å²) in [5, 5.41) is 15.0. The molecular weight excluding hydrogens is 248 g/mol. The molecule has 0 saturated carbocycles. The number of hydrogen-bond acceptors (Lipinski definition) is 4. The highest BCUT2D eigenvalue weighted by Gasteiger charge is 2.01. The van der Waals surface area contributed by atoms with Crippen molar-refractivity contribution in [3.8, 4) is 0 Å². The van der Waals surface area contributed by atoms with E-state index in [2.05, 4.69) is 10.5 Å². The van der Waals surface area contributed by atoms with Crippen LogP contribution in [0, 0.1) is 0 Å². The smallest absolute Gasteiger partial charge is 0.335 e. The molecule has 0 atom stereocenters. The summed E-state index contributed by atoms with van der Waals surface area (Å²) in [6, 6.07) is 10.4. The predicted octanol–water partition coefficient (Wildman–Crippen LogP) is 3.28. The second-order valence-corrected chi connectivity index (χ2v) is 4.62. The minimum absolute atomic E-state index is 0.263. The Balaban J connectivity index is 2.06. The molecule has 0 fully saturated rings. The van der Waals surface area contributed by atoms with E-state index in [1.54, 1.807) is 35.6 Å². The Morgan fingerprint density at radius 3 is 2.56 bits per heavy atom. The molecule has 0 saturated heterocycles. The number of benzene rings is 1. The molecule has 0 radical (unpaired) electrons. The Morgan fingerprint density at radius 1 is 1.28 bits per heavy atom. The van der Waals surface area contributed by atoms with Crippen LogP contribution in [0.3, 0.4) is 0 Å². The van der Waals surface area contributed by atoms with E-state index in [4.69, 9.17) is 5.11 Å². The lowest BCUT2D eigenvalue weighted by molar-refractivity contribution is 0.0697. The number of rotatable bonds is 4. The highest BCUT2D eigenvalue weighted by molar-refractivity contribution is 7.12. The van der Waals surface area contributed by atoms with E-state index in [1.807, 2.05) is 24.4 Å². The van der Waals surface area contributed by atoms with E-state index < -0.39 is 5.97 Å². The molecule has 0 bridgehead atoms. The normalized spacial score (nSPS) is 11.3. The number of aromatic carboxylic acids is 1. The number of thiophene rings is 1. The molecule has 1 aromatic carbocycles. The van der Waals surface area contributed by atoms with Gasteiger partial charge in [0.15, 0.2) is 0 Å². The van der Waals surface area contributed by atoms with E-state index in [0.29, 0.717) is 0 Å². The molecule has 1 heterocycles. The second-order valence-electron chi connectivity index (χ2n) is 3.67. The molecule has 2 aromatic rings. The van der Waals surface area contributed by atoms with E-state index in [9.17, 15) is 4.79 Å². The van der Waals surface area contributed by atoms with Crippen molar-refractivity contribution in [1.82, 2.24) is 0 Å². The van der Waals surface area contributed by atoms with Gasteiger partial charge in [-0.3, -0.25) is 5.43 Å². The van der Waals surface area contributed by atoms with Gasteiger partial charge in [0, 0.05) is 4.88 Å². The SMILES string of the molecule is C/C(=N\Nc1ccc(C(=O)O)cc1)c1cccs1. The van der Waals surface area contributed by atoms with Gasteiger partial charge in [-0.1, -0.05) is 6.07 Å². The number of anilines is 1. The first kappa shape index (κ1) is 12.3. The highest BCUT2D eigenvalue weighted by Crippen LogP contribution is 2.12. The van der Waals surface area contributed by atoms with Crippen LogP contribution in [0.25, 0.3) is 0 Å². The van der Waals surface area contributed by atoms with Crippen molar-refractivity contribution in [3.63, 3.8) is 0 Å². The van der Waals surface area contributed by atoms with Gasteiger partial charge in [-0.25, -0.2) is 4.79 Å². The number of carboxylic acid groups (broad SMARTS) is 1. The Morgan fingerprint density at radius 2 is 2.00 bits per heavy atom. The monoisotopic (exact) mass is 260 g/mol. The molecule has 0 unspecified atom stereocenters. The molecule has 0 aliphatic carbocycles. The van der Waals surface area contributed by atoms with Crippen LogP contribution in [0.4, 0.5) is 5.69 Å². The Labute approximate surface area is 109 Å². The maximum Gasteiger partial charge on any atom is 0.335 e. The van der Waals surface area contributed by atoms with Crippen molar-refractivity contribution in [3.05, 3.63) is 52.2 Å². The minimum atomic E-state index is -0.931. The molecule has 4 nitrogen and oxygen atoms in total. The summed E-state index contributed by atoms with van der Waals surface area (Å²) in [4.78, 5) is 11.8. The quantitative estimate of drug-likeness (QED) is 0.655. The van der Waals surface area contributed by atoms with Crippen molar-refractivity contribution in [2.45, 2.75) is 6.92 Å². The first-order valence-corrected chi connectivity index (χ1v) is 6.22. The van der Waals surface area contributed by atoms with Crippen LogP contribution in [-0.2, 0) is 0 Å². The van der Waals surface area contributed by atoms with Gasteiger partial charge in [-0.05, 0) is 42.6 Å². The van der Waals surface area contributed by atoms with Gasteiger partial charge >= 0.3 is 5.97 Å². The topological polar surface area (TPSA) is 61.7 Å². The summed E-state index contributed by atoms with van der Waals surface area (Å²) in [6.45, 7) is 1.92. The molecular formula is C13H12N2O2S. The van der Waals surface area contributed by atoms with Crippen molar-refractivity contribution >= 4 is 28.7 Å². The molecule has 5 heteroatoms. The van der Waals surface area contributed by atoms with E-state index in [-0.39, 0.29) is 5.56 Å². The van der Waals surface area contributed by atoms with Crippen LogP contribution < -0.4 is 5.43 Å². The summed E-state index contributed by atoms with van der Waals surface area (Å²) >= 11 is 1.62. The van der Waals surface area contributed by atoms with Crippen molar-refractivity contribution in [1.29, 1.82) is 0 Å². The summed E-state index contributed by atoms with van der Waals surface area (Å²) in [5.41, 5.74) is 4.82. The van der Waals surface area contributed by atoms with Crippen molar-refractivity contribution < 1.29 is 9.90 Å². The fourth-order valence-corrected chi connectivity index (χ4v) is 2.05. The molecule has 92 valence electrons. The summed E-state index contributed by atoms with van der Waals surface area (Å²) in [5.74, 6) is -0.931. The summed E-state index contributed by atoms with van der Waals surface area (Å²) < 4.78 is 0. The number of nitrogens with one attached hydrogen (secondary N) is 1. The molecule has 2 rings (SSSR count). The molecule has 18 heavy (non-hydrogen) atoms. The zero-order chi connectivity index (χ0) is 13.0. The number of nitrogens with zero attached hydrogens (tertiary/aromatic N) is 1.